The lowest BCUT2D eigenvalue weighted by Gasteiger charge is -2.34. The number of aromatic hydroxyl groups is 1. The Bertz CT molecular complexity index is 1020. The fraction of sp³-hybridized carbons (Fsp3) is 0.464. The molecule has 0 heterocycles. The molecule has 2 atom stereocenters. The molecule has 0 aliphatic heterocycles. The van der Waals surface area contributed by atoms with E-state index in [0.717, 1.165) is 18.4 Å². The Kier molecular flexibility index (Phi) is 11.4. The molecule has 9 nitrogen and oxygen atoms in total. The number of para-hydroxylation sites is 1. The minimum atomic E-state index is -1.23. The number of benzene rings is 2. The molecule has 0 radical (unpaired) electrons. The van der Waals surface area contributed by atoms with Gasteiger partial charge in [-0.2, -0.15) is 0 Å². The van der Waals surface area contributed by atoms with Gasteiger partial charge in [0.15, 0.2) is 0 Å². The number of rotatable bonds is 12. The van der Waals surface area contributed by atoms with Crippen LogP contribution in [-0.4, -0.2) is 64.4 Å². The van der Waals surface area contributed by atoms with Gasteiger partial charge in [0.05, 0.1) is 6.61 Å². The van der Waals surface area contributed by atoms with E-state index in [1.807, 2.05) is 37.3 Å². The van der Waals surface area contributed by atoms with E-state index in [1.165, 1.54) is 11.0 Å². The van der Waals surface area contributed by atoms with Crippen LogP contribution in [0.2, 0.25) is 0 Å². The maximum absolute atomic E-state index is 14.0. The van der Waals surface area contributed by atoms with Crippen molar-refractivity contribution in [3.8, 4) is 5.75 Å². The van der Waals surface area contributed by atoms with Crippen molar-refractivity contribution in [2.24, 2.45) is 0 Å². The Hall–Kier alpha value is -3.59. The van der Waals surface area contributed by atoms with Gasteiger partial charge in [0.25, 0.3) is 0 Å². The minimum absolute atomic E-state index is 0.131. The molecular weight excluding hydrogens is 474 g/mol. The standard InChI is InChI=1S/C28H39N3O6/c1-5-6-16-29-25(34)24(21-14-10-11-15-23(21)33)31(17-18-32)26(35)22(19-20-12-8-7-9-13-20)30-27(36)37-28(2,3)4/h7-15,22,24,32-33H,5-6,16-19H2,1-4H3,(H,29,34)(H,30,36). The lowest BCUT2D eigenvalue weighted by Crippen LogP contribution is -2.54. The second-order valence-electron chi connectivity index (χ2n) is 9.75. The fourth-order valence-electron chi connectivity index (χ4n) is 3.83. The topological polar surface area (TPSA) is 128 Å². The molecule has 0 bridgehead atoms. The first-order valence-electron chi connectivity index (χ1n) is 12.6. The Morgan fingerprint density at radius 1 is 1.03 bits per heavy atom. The minimum Gasteiger partial charge on any atom is -0.508 e. The smallest absolute Gasteiger partial charge is 0.408 e. The largest absolute Gasteiger partial charge is 0.508 e. The molecule has 0 saturated carbocycles. The predicted molar refractivity (Wildman–Crippen MR) is 141 cm³/mol. The lowest BCUT2D eigenvalue weighted by molar-refractivity contribution is -0.143. The van der Waals surface area contributed by atoms with E-state index in [4.69, 9.17) is 4.74 Å². The number of carbonyl (C=O) groups is 3. The van der Waals surface area contributed by atoms with Gasteiger partial charge in [-0.3, -0.25) is 9.59 Å². The summed E-state index contributed by atoms with van der Waals surface area (Å²) in [5, 5.41) is 25.9. The second-order valence-corrected chi connectivity index (χ2v) is 9.75. The number of amides is 3. The quantitative estimate of drug-likeness (QED) is 0.323. The van der Waals surface area contributed by atoms with Gasteiger partial charge in [0, 0.05) is 25.1 Å². The summed E-state index contributed by atoms with van der Waals surface area (Å²) in [5.74, 6) is -1.25. The second kappa shape index (κ2) is 14.2. The van der Waals surface area contributed by atoms with E-state index in [-0.39, 0.29) is 24.3 Å². The summed E-state index contributed by atoms with van der Waals surface area (Å²) in [6.07, 6.45) is 0.951. The van der Waals surface area contributed by atoms with E-state index in [1.54, 1.807) is 39.0 Å². The highest BCUT2D eigenvalue weighted by atomic mass is 16.6. The number of ether oxygens (including phenoxy) is 1. The van der Waals surface area contributed by atoms with Gasteiger partial charge in [-0.25, -0.2) is 4.79 Å². The van der Waals surface area contributed by atoms with Gasteiger partial charge in [-0.1, -0.05) is 61.9 Å². The molecule has 3 amide bonds. The molecule has 0 aliphatic carbocycles. The van der Waals surface area contributed by atoms with Crippen molar-refractivity contribution in [1.82, 2.24) is 15.5 Å². The number of unbranched alkanes of at least 4 members (excludes halogenated alkanes) is 1. The van der Waals surface area contributed by atoms with Gasteiger partial charge in [0.1, 0.15) is 23.4 Å². The summed E-state index contributed by atoms with van der Waals surface area (Å²) in [6.45, 7) is 6.91. The average molecular weight is 514 g/mol. The van der Waals surface area contributed by atoms with Crippen LogP contribution in [0.5, 0.6) is 5.75 Å². The molecule has 37 heavy (non-hydrogen) atoms. The molecule has 9 heteroatoms. The lowest BCUT2D eigenvalue weighted by atomic mass is 9.99. The van der Waals surface area contributed by atoms with Gasteiger partial charge < -0.3 is 30.5 Å². The number of phenols is 1. The van der Waals surface area contributed by atoms with Crippen molar-refractivity contribution in [2.75, 3.05) is 19.7 Å². The normalized spacial score (nSPS) is 12.8. The average Bonchev–Trinajstić information content (AvgIpc) is 2.83. The summed E-state index contributed by atoms with van der Waals surface area (Å²) < 4.78 is 5.38. The highest BCUT2D eigenvalue weighted by Gasteiger charge is 2.37. The Morgan fingerprint density at radius 3 is 2.27 bits per heavy atom. The van der Waals surface area contributed by atoms with Crippen molar-refractivity contribution in [3.05, 3.63) is 65.7 Å². The number of nitrogens with zero attached hydrogens (tertiary/aromatic N) is 1. The molecule has 2 aromatic rings. The first-order valence-corrected chi connectivity index (χ1v) is 12.6. The third-order valence-electron chi connectivity index (χ3n) is 5.52. The van der Waals surface area contributed by atoms with Gasteiger partial charge >= 0.3 is 6.09 Å². The van der Waals surface area contributed by atoms with Crippen LogP contribution < -0.4 is 10.6 Å². The number of nitrogens with one attached hydrogen (secondary N) is 2. The summed E-state index contributed by atoms with van der Waals surface area (Å²) in [6, 6.07) is 13.1. The van der Waals surface area contributed by atoms with Crippen LogP contribution in [-0.2, 0) is 20.7 Å². The fourth-order valence-corrected chi connectivity index (χ4v) is 3.83. The SMILES string of the molecule is CCCCNC(=O)C(c1ccccc1O)N(CCO)C(=O)C(Cc1ccccc1)NC(=O)OC(C)(C)C. The van der Waals surface area contributed by atoms with Crippen molar-refractivity contribution in [3.63, 3.8) is 0 Å². The summed E-state index contributed by atoms with van der Waals surface area (Å²) in [4.78, 5) is 41.2. The molecule has 0 spiro atoms. The highest BCUT2D eigenvalue weighted by molar-refractivity contribution is 5.92. The molecule has 202 valence electrons. The summed E-state index contributed by atoms with van der Waals surface area (Å²) >= 11 is 0. The van der Waals surface area contributed by atoms with Crippen LogP contribution in [0.4, 0.5) is 4.79 Å². The van der Waals surface area contributed by atoms with Crippen LogP contribution >= 0.6 is 0 Å². The maximum atomic E-state index is 14.0. The number of phenolic OH excluding ortho intramolecular Hbond substituents is 1. The molecular formula is C28H39N3O6. The number of alkyl carbamates (subject to hydrolysis) is 1. The summed E-state index contributed by atoms with van der Waals surface area (Å²) in [5.41, 5.74) is 0.216. The van der Waals surface area contributed by atoms with E-state index < -0.39 is 42.2 Å². The van der Waals surface area contributed by atoms with Gasteiger partial charge in [-0.05, 0) is 38.8 Å². The molecule has 0 aliphatic rings. The van der Waals surface area contributed by atoms with Crippen LogP contribution in [0.3, 0.4) is 0 Å². The van der Waals surface area contributed by atoms with Crippen LogP contribution in [0.25, 0.3) is 0 Å². The Balaban J connectivity index is 2.48. The predicted octanol–water partition coefficient (Wildman–Crippen LogP) is 3.31. The van der Waals surface area contributed by atoms with Gasteiger partial charge in [0.2, 0.25) is 11.8 Å². The number of aliphatic hydroxyl groups is 1. The van der Waals surface area contributed by atoms with Crippen LogP contribution in [0.15, 0.2) is 54.6 Å². The Labute approximate surface area is 218 Å². The molecule has 2 aromatic carbocycles. The number of carbonyl (C=O) groups excluding carboxylic acids is 3. The monoisotopic (exact) mass is 513 g/mol. The Morgan fingerprint density at radius 2 is 1.68 bits per heavy atom. The van der Waals surface area contributed by atoms with Crippen LogP contribution in [0, 0.1) is 0 Å². The van der Waals surface area contributed by atoms with E-state index >= 15 is 0 Å². The number of hydrogen-bond acceptors (Lipinski definition) is 6. The number of hydrogen-bond donors (Lipinski definition) is 4. The van der Waals surface area contributed by atoms with Crippen molar-refractivity contribution in [1.29, 1.82) is 0 Å². The molecule has 0 aromatic heterocycles. The zero-order valence-electron chi connectivity index (χ0n) is 22.1. The molecule has 0 saturated heterocycles. The first kappa shape index (κ1) is 29.6. The van der Waals surface area contributed by atoms with E-state index in [0.29, 0.717) is 6.54 Å². The summed E-state index contributed by atoms with van der Waals surface area (Å²) in [7, 11) is 0. The molecule has 4 N–H and O–H groups in total. The molecule has 2 rings (SSSR count). The van der Waals surface area contributed by atoms with Gasteiger partial charge in [-0.15, -0.1) is 0 Å². The van der Waals surface area contributed by atoms with Crippen molar-refractivity contribution < 1.29 is 29.3 Å². The van der Waals surface area contributed by atoms with E-state index in [2.05, 4.69) is 10.6 Å². The third-order valence-corrected chi connectivity index (χ3v) is 5.52. The van der Waals surface area contributed by atoms with Crippen LogP contribution in [0.1, 0.15) is 57.7 Å². The number of aliphatic hydroxyl groups excluding tert-OH is 1. The van der Waals surface area contributed by atoms with Crippen molar-refractivity contribution >= 4 is 17.9 Å². The highest BCUT2D eigenvalue weighted by Crippen LogP contribution is 2.30. The van der Waals surface area contributed by atoms with E-state index in [9.17, 15) is 24.6 Å². The maximum Gasteiger partial charge on any atom is 0.408 e. The molecule has 0 fully saturated rings. The first-order chi connectivity index (χ1) is 17.6. The zero-order chi connectivity index (χ0) is 27.4. The third kappa shape index (κ3) is 9.42. The molecule has 2 unspecified atom stereocenters. The van der Waals surface area contributed by atoms with Crippen molar-refractivity contribution in [2.45, 2.75) is 64.6 Å². The zero-order valence-corrected chi connectivity index (χ0v) is 22.1.